The molecule has 25 heavy (non-hydrogen) atoms. The van der Waals surface area contributed by atoms with Crippen LogP contribution in [0.4, 0.5) is 0 Å². The van der Waals surface area contributed by atoms with Gasteiger partial charge in [-0.15, -0.1) is 24.0 Å². The van der Waals surface area contributed by atoms with E-state index in [0.717, 1.165) is 43.8 Å². The molecule has 0 amide bonds. The molecule has 5 nitrogen and oxygen atoms in total. The third-order valence-corrected chi connectivity index (χ3v) is 5.97. The summed E-state index contributed by atoms with van der Waals surface area (Å²) in [6.07, 6.45) is 10.1. The first-order valence-electron chi connectivity index (χ1n) is 9.32. The van der Waals surface area contributed by atoms with Gasteiger partial charge in [0.2, 0.25) is 5.88 Å². The summed E-state index contributed by atoms with van der Waals surface area (Å²) >= 11 is 0. The summed E-state index contributed by atoms with van der Waals surface area (Å²) in [5.74, 6) is 2.72. The Morgan fingerprint density at radius 1 is 1.36 bits per heavy atom. The Morgan fingerprint density at radius 3 is 2.80 bits per heavy atom. The minimum absolute atomic E-state index is 0. The quantitative estimate of drug-likeness (QED) is 0.420. The number of aromatic nitrogens is 1. The molecule has 3 aliphatic rings. The van der Waals surface area contributed by atoms with E-state index in [4.69, 9.17) is 4.74 Å². The van der Waals surface area contributed by atoms with Crippen molar-refractivity contribution < 1.29 is 4.74 Å². The zero-order valence-corrected chi connectivity index (χ0v) is 17.3. The standard InChI is InChI=1S/C19H28N4O.HI/c1-20-18(22-14-19(9-4-10-19)15-6-7-15)23-12-8-16(13-23)24-17-5-2-3-11-21-17;/h2-3,5,11,15-16H,4,6-10,12-14H2,1H3,(H,20,22);1H. The smallest absolute Gasteiger partial charge is 0.213 e. The highest BCUT2D eigenvalue weighted by molar-refractivity contribution is 14.0. The molecule has 1 saturated heterocycles. The molecule has 2 saturated carbocycles. The second-order valence-electron chi connectivity index (χ2n) is 7.53. The van der Waals surface area contributed by atoms with Crippen LogP contribution >= 0.6 is 24.0 Å². The van der Waals surface area contributed by atoms with Crippen LogP contribution in [0.5, 0.6) is 5.88 Å². The average Bonchev–Trinajstić information content (AvgIpc) is 3.31. The van der Waals surface area contributed by atoms with Gasteiger partial charge in [0.25, 0.3) is 0 Å². The molecule has 0 radical (unpaired) electrons. The number of aliphatic imine (C=N–C) groups is 1. The van der Waals surface area contributed by atoms with Gasteiger partial charge in [-0.3, -0.25) is 4.99 Å². The molecule has 1 aliphatic heterocycles. The van der Waals surface area contributed by atoms with Gasteiger partial charge in [0, 0.05) is 38.8 Å². The SMILES string of the molecule is CN=C(NCC1(C2CC2)CCC1)N1CCC(Oc2ccccn2)C1.I. The van der Waals surface area contributed by atoms with Crippen LogP contribution in [0.2, 0.25) is 0 Å². The van der Waals surface area contributed by atoms with Gasteiger partial charge in [-0.25, -0.2) is 4.98 Å². The third-order valence-electron chi connectivity index (χ3n) is 5.97. The molecule has 1 N–H and O–H groups in total. The van der Waals surface area contributed by atoms with E-state index in [1.54, 1.807) is 6.20 Å². The van der Waals surface area contributed by atoms with Gasteiger partial charge in [-0.2, -0.15) is 0 Å². The number of hydrogen-bond acceptors (Lipinski definition) is 3. The van der Waals surface area contributed by atoms with E-state index in [2.05, 4.69) is 20.2 Å². The van der Waals surface area contributed by atoms with E-state index in [-0.39, 0.29) is 30.1 Å². The number of halogens is 1. The molecule has 2 aliphatic carbocycles. The topological polar surface area (TPSA) is 49.8 Å². The largest absolute Gasteiger partial charge is 0.472 e. The molecule has 4 rings (SSSR count). The Morgan fingerprint density at radius 2 is 2.20 bits per heavy atom. The van der Waals surface area contributed by atoms with Crippen LogP contribution in [0.1, 0.15) is 38.5 Å². The van der Waals surface area contributed by atoms with E-state index >= 15 is 0 Å². The maximum Gasteiger partial charge on any atom is 0.213 e. The van der Waals surface area contributed by atoms with Gasteiger partial charge in [0.05, 0.1) is 6.54 Å². The van der Waals surface area contributed by atoms with Crippen LogP contribution in [-0.4, -0.2) is 48.6 Å². The van der Waals surface area contributed by atoms with Crippen molar-refractivity contribution in [1.82, 2.24) is 15.2 Å². The van der Waals surface area contributed by atoms with Gasteiger partial charge in [0.15, 0.2) is 5.96 Å². The number of rotatable bonds is 5. The zero-order valence-electron chi connectivity index (χ0n) is 15.0. The van der Waals surface area contributed by atoms with Crippen molar-refractivity contribution in [2.45, 2.75) is 44.6 Å². The van der Waals surface area contributed by atoms with Crippen molar-refractivity contribution >= 4 is 29.9 Å². The normalized spacial score (nSPS) is 25.1. The first kappa shape index (κ1) is 18.7. The summed E-state index contributed by atoms with van der Waals surface area (Å²) in [5.41, 5.74) is 0.569. The first-order chi connectivity index (χ1) is 11.8. The number of nitrogens with zero attached hydrogens (tertiary/aromatic N) is 3. The minimum Gasteiger partial charge on any atom is -0.472 e. The van der Waals surface area contributed by atoms with Crippen molar-refractivity contribution in [2.24, 2.45) is 16.3 Å². The van der Waals surface area contributed by atoms with E-state index in [1.807, 2.05) is 25.2 Å². The van der Waals surface area contributed by atoms with Crippen molar-refractivity contribution in [3.8, 4) is 5.88 Å². The Bertz CT molecular complexity index is 586. The van der Waals surface area contributed by atoms with Gasteiger partial charge in [-0.05, 0) is 43.1 Å². The molecular formula is C19H29IN4O. The molecule has 1 aromatic rings. The predicted octanol–water partition coefficient (Wildman–Crippen LogP) is 3.31. The number of hydrogen-bond donors (Lipinski definition) is 1. The van der Waals surface area contributed by atoms with E-state index in [9.17, 15) is 0 Å². The molecule has 1 aromatic heterocycles. The van der Waals surface area contributed by atoms with Crippen molar-refractivity contribution in [2.75, 3.05) is 26.7 Å². The summed E-state index contributed by atoms with van der Waals surface area (Å²) in [6.45, 7) is 2.97. The lowest BCUT2D eigenvalue weighted by molar-refractivity contribution is 0.105. The molecule has 1 unspecified atom stereocenters. The van der Waals surface area contributed by atoms with E-state index in [1.165, 1.54) is 32.1 Å². The lowest BCUT2D eigenvalue weighted by Crippen LogP contribution is -2.48. The molecule has 0 bridgehead atoms. The number of likely N-dealkylation sites (tertiary alicyclic amines) is 1. The summed E-state index contributed by atoms with van der Waals surface area (Å²) in [5, 5.41) is 3.66. The predicted molar refractivity (Wildman–Crippen MR) is 111 cm³/mol. The first-order valence-corrected chi connectivity index (χ1v) is 9.32. The Labute approximate surface area is 167 Å². The summed E-state index contributed by atoms with van der Waals surface area (Å²) in [6, 6.07) is 5.80. The van der Waals surface area contributed by atoms with Crippen LogP contribution in [0.3, 0.4) is 0 Å². The number of nitrogens with one attached hydrogen (secondary N) is 1. The number of pyridine rings is 1. The fourth-order valence-electron chi connectivity index (χ4n) is 4.25. The van der Waals surface area contributed by atoms with Crippen LogP contribution < -0.4 is 10.1 Å². The van der Waals surface area contributed by atoms with Gasteiger partial charge in [0.1, 0.15) is 6.10 Å². The Hall–Kier alpha value is -1.05. The van der Waals surface area contributed by atoms with Crippen LogP contribution in [0, 0.1) is 11.3 Å². The van der Waals surface area contributed by atoms with Crippen molar-refractivity contribution in [3.05, 3.63) is 24.4 Å². The number of guanidine groups is 1. The fraction of sp³-hybridized carbons (Fsp3) is 0.684. The van der Waals surface area contributed by atoms with E-state index < -0.39 is 0 Å². The van der Waals surface area contributed by atoms with Crippen molar-refractivity contribution in [3.63, 3.8) is 0 Å². The van der Waals surface area contributed by atoms with E-state index in [0.29, 0.717) is 5.41 Å². The molecule has 3 fully saturated rings. The highest BCUT2D eigenvalue weighted by Crippen LogP contribution is 2.56. The van der Waals surface area contributed by atoms with Crippen LogP contribution in [-0.2, 0) is 0 Å². The highest BCUT2D eigenvalue weighted by Gasteiger charge is 2.49. The van der Waals surface area contributed by atoms with Gasteiger partial charge >= 0.3 is 0 Å². The second-order valence-corrected chi connectivity index (χ2v) is 7.53. The number of ether oxygens (including phenoxy) is 1. The third kappa shape index (κ3) is 4.20. The summed E-state index contributed by atoms with van der Waals surface area (Å²) in [7, 11) is 1.89. The van der Waals surface area contributed by atoms with Gasteiger partial charge in [-0.1, -0.05) is 12.5 Å². The molecule has 1 atom stereocenters. The maximum absolute atomic E-state index is 5.99. The summed E-state index contributed by atoms with van der Waals surface area (Å²) < 4.78 is 5.99. The Balaban J connectivity index is 0.00000182. The molecule has 0 aromatic carbocycles. The molecule has 0 spiro atoms. The Kier molecular flexibility index (Phi) is 6.07. The molecule has 6 heteroatoms. The van der Waals surface area contributed by atoms with Crippen LogP contribution in [0.15, 0.2) is 29.4 Å². The van der Waals surface area contributed by atoms with Crippen molar-refractivity contribution in [1.29, 1.82) is 0 Å². The zero-order chi connectivity index (χ0) is 16.4. The lowest BCUT2D eigenvalue weighted by Gasteiger charge is -2.43. The highest BCUT2D eigenvalue weighted by atomic mass is 127. The molecular weight excluding hydrogens is 427 g/mol. The average molecular weight is 456 g/mol. The molecule has 138 valence electrons. The monoisotopic (exact) mass is 456 g/mol. The molecule has 2 heterocycles. The fourth-order valence-corrected chi connectivity index (χ4v) is 4.25. The lowest BCUT2D eigenvalue weighted by atomic mass is 9.65. The second kappa shape index (κ2) is 8.10. The maximum atomic E-state index is 5.99. The minimum atomic E-state index is 0. The summed E-state index contributed by atoms with van der Waals surface area (Å²) in [4.78, 5) is 11.1. The van der Waals surface area contributed by atoms with Crippen LogP contribution in [0.25, 0.3) is 0 Å². The van der Waals surface area contributed by atoms with Gasteiger partial charge < -0.3 is 15.0 Å².